The molecule has 0 bridgehead atoms. The minimum Gasteiger partial charge on any atom is -0.505 e. The third kappa shape index (κ3) is 2.58. The Morgan fingerprint density at radius 1 is 1.07 bits per heavy atom. The van der Waals surface area contributed by atoms with Crippen molar-refractivity contribution in [2.75, 3.05) is 0 Å². The molecule has 0 heterocycles. The maximum Gasteiger partial charge on any atom is 0.492 e. The molecule has 0 aromatic heterocycles. The fourth-order valence-corrected chi connectivity index (χ4v) is 6.68. The van der Waals surface area contributed by atoms with Crippen LogP contribution in [0, 0.1) is 22.7 Å². The number of hydrogen-bond donors (Lipinski definition) is 4. The van der Waals surface area contributed by atoms with Gasteiger partial charge < -0.3 is 20.3 Å². The normalized spacial score (nSPS) is 31.8. The van der Waals surface area contributed by atoms with Gasteiger partial charge in [-0.2, -0.15) is 0 Å². The van der Waals surface area contributed by atoms with Crippen LogP contribution >= 0.6 is 0 Å². The van der Waals surface area contributed by atoms with Crippen LogP contribution in [0.25, 0.3) is 5.57 Å². The molecule has 0 radical (unpaired) electrons. The molecule has 3 aliphatic carbocycles. The molecule has 1 fully saturated rings. The van der Waals surface area contributed by atoms with Gasteiger partial charge in [-0.3, -0.25) is 0 Å². The Kier molecular flexibility index (Phi) is 4.21. The average Bonchev–Trinajstić information content (AvgIpc) is 2.88. The quantitative estimate of drug-likeness (QED) is 0.452. The van der Waals surface area contributed by atoms with Crippen LogP contribution < -0.4 is 5.46 Å². The molecule has 3 atom stereocenters. The first-order chi connectivity index (χ1) is 12.6. The molecule has 0 aliphatic heterocycles. The van der Waals surface area contributed by atoms with Gasteiger partial charge in [0.25, 0.3) is 0 Å². The van der Waals surface area contributed by atoms with E-state index in [2.05, 4.69) is 27.7 Å². The summed E-state index contributed by atoms with van der Waals surface area (Å²) in [5.74, 6) is 0.300. The van der Waals surface area contributed by atoms with Gasteiger partial charge in [0.15, 0.2) is 11.5 Å². The fraction of sp³-hybridized carbons (Fsp3) is 0.636. The highest BCUT2D eigenvalue weighted by Crippen LogP contribution is 2.63. The first-order valence-electron chi connectivity index (χ1n) is 10.3. The van der Waals surface area contributed by atoms with Crippen LogP contribution in [0.15, 0.2) is 11.6 Å². The summed E-state index contributed by atoms with van der Waals surface area (Å²) in [7, 11) is -1.80. The van der Waals surface area contributed by atoms with Crippen LogP contribution in [-0.2, 0) is 6.42 Å². The summed E-state index contributed by atoms with van der Waals surface area (Å²) < 4.78 is 0. The second kappa shape index (κ2) is 6.02. The van der Waals surface area contributed by atoms with Crippen LogP contribution in [0.5, 0.6) is 11.5 Å². The van der Waals surface area contributed by atoms with E-state index in [0.717, 1.165) is 24.0 Å². The lowest BCUT2D eigenvalue weighted by atomic mass is 9.52. The zero-order valence-electron chi connectivity index (χ0n) is 16.8. The zero-order valence-corrected chi connectivity index (χ0v) is 16.8. The second-order valence-electron chi connectivity index (χ2n) is 9.93. The highest BCUT2D eigenvalue weighted by molar-refractivity contribution is 6.60. The third-order valence-corrected chi connectivity index (χ3v) is 7.93. The molecule has 3 unspecified atom stereocenters. The summed E-state index contributed by atoms with van der Waals surface area (Å²) in [6.07, 6.45) is 6.50. The third-order valence-electron chi connectivity index (χ3n) is 7.93. The van der Waals surface area contributed by atoms with Gasteiger partial charge in [-0.1, -0.05) is 39.7 Å². The number of aromatic hydroxyl groups is 2. The first kappa shape index (κ1) is 18.9. The first-order valence-corrected chi connectivity index (χ1v) is 10.3. The molecule has 4 N–H and O–H groups in total. The lowest BCUT2D eigenvalue weighted by molar-refractivity contribution is 0.0349. The van der Waals surface area contributed by atoms with E-state index in [9.17, 15) is 20.3 Å². The zero-order chi connectivity index (χ0) is 19.7. The van der Waals surface area contributed by atoms with E-state index >= 15 is 0 Å². The van der Waals surface area contributed by atoms with Crippen molar-refractivity contribution in [2.45, 2.75) is 66.2 Å². The van der Waals surface area contributed by atoms with E-state index in [1.54, 1.807) is 6.07 Å². The van der Waals surface area contributed by atoms with Crippen molar-refractivity contribution in [1.29, 1.82) is 0 Å². The SMILES string of the molecule is CC1CCC2C(C)(C)CCCC2(C)C2=C1Cc1c2cc(O)c(O)c1B(O)O. The molecule has 5 heteroatoms. The molecule has 146 valence electrons. The Labute approximate surface area is 162 Å². The standard InChI is InChI=1S/C22H31BO4/c1-12-6-7-17-21(2,3)8-5-9-22(17,4)18-13(12)10-15-14(18)11-16(24)20(25)19(15)23(26)27/h11-12,17,24-27H,5-10H2,1-4H3. The van der Waals surface area contributed by atoms with E-state index in [4.69, 9.17) is 0 Å². The van der Waals surface area contributed by atoms with Gasteiger partial charge in [0.1, 0.15) is 0 Å². The highest BCUT2D eigenvalue weighted by Gasteiger charge is 2.52. The molecule has 1 aromatic rings. The Bertz CT molecular complexity index is 826. The van der Waals surface area contributed by atoms with E-state index in [1.807, 2.05) is 0 Å². The van der Waals surface area contributed by atoms with Crippen LogP contribution in [0.2, 0.25) is 0 Å². The van der Waals surface area contributed by atoms with Crippen molar-refractivity contribution in [2.24, 2.45) is 22.7 Å². The highest BCUT2D eigenvalue weighted by atomic mass is 16.4. The Balaban J connectivity index is 1.97. The van der Waals surface area contributed by atoms with Gasteiger partial charge in [-0.25, -0.2) is 0 Å². The minimum absolute atomic E-state index is 0.00812. The Hall–Kier alpha value is -1.46. The maximum absolute atomic E-state index is 10.3. The largest absolute Gasteiger partial charge is 0.505 e. The van der Waals surface area contributed by atoms with Crippen LogP contribution in [0.4, 0.5) is 0 Å². The molecular weight excluding hydrogens is 339 g/mol. The number of rotatable bonds is 1. The maximum atomic E-state index is 10.3. The molecule has 1 aromatic carbocycles. The molecular formula is C22H31BO4. The monoisotopic (exact) mass is 370 g/mol. The summed E-state index contributed by atoms with van der Waals surface area (Å²) in [6.45, 7) is 9.42. The summed E-state index contributed by atoms with van der Waals surface area (Å²) >= 11 is 0. The number of phenols is 2. The van der Waals surface area contributed by atoms with Crippen molar-refractivity contribution in [1.82, 2.24) is 0 Å². The van der Waals surface area contributed by atoms with Gasteiger partial charge in [0.05, 0.1) is 0 Å². The number of phenolic OH excluding ortho intramolecular Hbond substituents is 2. The van der Waals surface area contributed by atoms with E-state index in [0.29, 0.717) is 18.3 Å². The molecule has 4 nitrogen and oxygen atoms in total. The fourth-order valence-electron chi connectivity index (χ4n) is 6.68. The lowest BCUT2D eigenvalue weighted by Crippen LogP contribution is -2.42. The van der Waals surface area contributed by atoms with Crippen LogP contribution in [0.3, 0.4) is 0 Å². The number of hydrogen-bond acceptors (Lipinski definition) is 4. The van der Waals surface area contributed by atoms with Gasteiger partial charge in [-0.15, -0.1) is 0 Å². The molecule has 0 saturated heterocycles. The number of allylic oxidation sites excluding steroid dienone is 2. The predicted molar refractivity (Wildman–Crippen MR) is 108 cm³/mol. The molecule has 4 rings (SSSR count). The smallest absolute Gasteiger partial charge is 0.492 e. The molecule has 0 amide bonds. The van der Waals surface area contributed by atoms with E-state index in [-0.39, 0.29) is 22.0 Å². The summed E-state index contributed by atoms with van der Waals surface area (Å²) in [5, 5.41) is 40.4. The summed E-state index contributed by atoms with van der Waals surface area (Å²) in [6, 6.07) is 1.65. The number of fused-ring (bicyclic) bond motifs is 4. The Morgan fingerprint density at radius 2 is 1.78 bits per heavy atom. The van der Waals surface area contributed by atoms with Crippen molar-refractivity contribution >= 4 is 18.2 Å². The topological polar surface area (TPSA) is 80.9 Å². The minimum atomic E-state index is -1.80. The molecule has 3 aliphatic rings. The number of benzene rings is 1. The predicted octanol–water partition coefficient (Wildman–Crippen LogP) is 3.35. The molecule has 1 saturated carbocycles. The van der Waals surface area contributed by atoms with E-state index < -0.39 is 12.9 Å². The van der Waals surface area contributed by atoms with Crippen molar-refractivity contribution < 1.29 is 20.3 Å². The average molecular weight is 370 g/mol. The van der Waals surface area contributed by atoms with Crippen molar-refractivity contribution in [3.8, 4) is 11.5 Å². The summed E-state index contributed by atoms with van der Waals surface area (Å²) in [5.41, 5.74) is 4.70. The molecule has 0 spiro atoms. The van der Waals surface area contributed by atoms with Crippen molar-refractivity contribution in [3.63, 3.8) is 0 Å². The van der Waals surface area contributed by atoms with Gasteiger partial charge in [-0.05, 0) is 77.5 Å². The van der Waals surface area contributed by atoms with E-state index in [1.165, 1.54) is 30.4 Å². The lowest BCUT2D eigenvalue weighted by Gasteiger charge is -2.52. The molecule has 27 heavy (non-hydrogen) atoms. The van der Waals surface area contributed by atoms with Crippen LogP contribution in [0.1, 0.15) is 70.9 Å². The Morgan fingerprint density at radius 3 is 2.44 bits per heavy atom. The van der Waals surface area contributed by atoms with Gasteiger partial charge >= 0.3 is 7.12 Å². The van der Waals surface area contributed by atoms with Gasteiger partial charge in [0.2, 0.25) is 0 Å². The second-order valence-corrected chi connectivity index (χ2v) is 9.93. The van der Waals surface area contributed by atoms with Crippen molar-refractivity contribution in [3.05, 3.63) is 22.8 Å². The van der Waals surface area contributed by atoms with Crippen LogP contribution in [-0.4, -0.2) is 27.4 Å². The van der Waals surface area contributed by atoms with Gasteiger partial charge in [0, 0.05) is 5.46 Å². The summed E-state index contributed by atoms with van der Waals surface area (Å²) in [4.78, 5) is 0.